The average molecular weight is 398 g/mol. The van der Waals surface area contributed by atoms with Crippen molar-refractivity contribution >= 4 is 39.4 Å². The highest BCUT2D eigenvalue weighted by Crippen LogP contribution is 2.35. The van der Waals surface area contributed by atoms with Crippen LogP contribution < -0.4 is 9.64 Å². The maximum absolute atomic E-state index is 10.8. The number of hydrogen-bond donors (Lipinski definition) is 1. The van der Waals surface area contributed by atoms with Gasteiger partial charge in [-0.2, -0.15) is 0 Å². The molecule has 0 unspecified atom stereocenters. The van der Waals surface area contributed by atoms with E-state index in [1.165, 1.54) is 11.3 Å². The second-order valence-corrected chi connectivity index (χ2v) is 7.18. The molecule has 4 rings (SSSR count). The molecule has 8 nitrogen and oxygen atoms in total. The standard InChI is InChI=1S/C19H18N4O4S/c1-26-15-4-2-12(11-20-15)18-21-14-10-13(3-5-16(24)25)28-17(14)19(22-18)23-6-8-27-9-7-23/h2-5,10-11H,6-9H2,1H3,(H,24,25)/b5-3+. The number of carbonyl (C=O) groups is 1. The number of thiophene rings is 1. The van der Waals surface area contributed by atoms with Crippen LogP contribution in [0.25, 0.3) is 27.7 Å². The summed E-state index contributed by atoms with van der Waals surface area (Å²) >= 11 is 1.48. The van der Waals surface area contributed by atoms with Crippen LogP contribution in [-0.2, 0) is 9.53 Å². The summed E-state index contributed by atoms with van der Waals surface area (Å²) in [5.41, 5.74) is 1.56. The largest absolute Gasteiger partial charge is 0.481 e. The molecule has 0 spiro atoms. The minimum Gasteiger partial charge on any atom is -0.481 e. The first-order chi connectivity index (χ1) is 13.6. The maximum Gasteiger partial charge on any atom is 0.328 e. The highest BCUT2D eigenvalue weighted by Gasteiger charge is 2.20. The number of morpholine rings is 1. The van der Waals surface area contributed by atoms with Crippen molar-refractivity contribution in [2.75, 3.05) is 38.3 Å². The first-order valence-electron chi connectivity index (χ1n) is 8.70. The number of anilines is 1. The Morgan fingerprint density at radius 2 is 2.14 bits per heavy atom. The van der Waals surface area contributed by atoms with Crippen LogP contribution in [-0.4, -0.2) is 59.4 Å². The number of aromatic nitrogens is 3. The minimum absolute atomic E-state index is 0.523. The van der Waals surface area contributed by atoms with Gasteiger partial charge in [0.25, 0.3) is 0 Å². The molecule has 0 amide bonds. The number of hydrogen-bond acceptors (Lipinski definition) is 8. The van der Waals surface area contributed by atoms with Crippen LogP contribution in [0.3, 0.4) is 0 Å². The first-order valence-corrected chi connectivity index (χ1v) is 9.51. The van der Waals surface area contributed by atoms with Gasteiger partial charge in [0.05, 0.1) is 30.5 Å². The Morgan fingerprint density at radius 3 is 2.82 bits per heavy atom. The van der Waals surface area contributed by atoms with Gasteiger partial charge >= 0.3 is 5.97 Å². The SMILES string of the molecule is COc1ccc(-c2nc(N3CCOCC3)c3sc(/C=C/C(=O)O)cc3n2)cn1. The van der Waals surface area contributed by atoms with Crippen LogP contribution in [0.4, 0.5) is 5.82 Å². The normalized spacial score (nSPS) is 14.7. The number of carboxylic acids is 1. The fourth-order valence-electron chi connectivity index (χ4n) is 2.92. The van der Waals surface area contributed by atoms with Crippen molar-refractivity contribution in [1.82, 2.24) is 15.0 Å². The molecule has 0 atom stereocenters. The van der Waals surface area contributed by atoms with Crippen LogP contribution in [0.2, 0.25) is 0 Å². The number of fused-ring (bicyclic) bond motifs is 1. The zero-order valence-electron chi connectivity index (χ0n) is 15.2. The van der Waals surface area contributed by atoms with Crippen LogP contribution in [0, 0.1) is 0 Å². The van der Waals surface area contributed by atoms with Gasteiger partial charge in [0.1, 0.15) is 0 Å². The molecule has 3 aromatic rings. The van der Waals surface area contributed by atoms with E-state index in [1.807, 2.05) is 12.1 Å². The fourth-order valence-corrected chi connectivity index (χ4v) is 3.94. The van der Waals surface area contributed by atoms with E-state index < -0.39 is 5.97 Å². The van der Waals surface area contributed by atoms with E-state index in [-0.39, 0.29) is 0 Å². The molecule has 0 aromatic carbocycles. The lowest BCUT2D eigenvalue weighted by atomic mass is 10.2. The maximum atomic E-state index is 10.8. The molecule has 28 heavy (non-hydrogen) atoms. The lowest BCUT2D eigenvalue weighted by Crippen LogP contribution is -2.36. The summed E-state index contributed by atoms with van der Waals surface area (Å²) in [4.78, 5) is 27.6. The Bertz CT molecular complexity index is 1030. The van der Waals surface area contributed by atoms with Gasteiger partial charge in [0.15, 0.2) is 11.6 Å². The molecule has 1 saturated heterocycles. The Balaban J connectivity index is 1.82. The molecule has 1 aliphatic rings. The number of carboxylic acid groups (broad SMARTS) is 1. The van der Waals surface area contributed by atoms with Gasteiger partial charge in [-0.1, -0.05) is 0 Å². The third-order valence-electron chi connectivity index (χ3n) is 4.28. The van der Waals surface area contributed by atoms with Crippen molar-refractivity contribution < 1.29 is 19.4 Å². The summed E-state index contributed by atoms with van der Waals surface area (Å²) < 4.78 is 11.5. The second-order valence-electron chi connectivity index (χ2n) is 6.09. The lowest BCUT2D eigenvalue weighted by molar-refractivity contribution is -0.131. The van der Waals surface area contributed by atoms with Gasteiger partial charge in [-0.25, -0.2) is 19.7 Å². The molecule has 0 saturated carbocycles. The highest BCUT2D eigenvalue weighted by molar-refractivity contribution is 7.20. The van der Waals surface area contributed by atoms with Crippen LogP contribution in [0.5, 0.6) is 5.88 Å². The number of aliphatic carboxylic acids is 1. The number of ether oxygens (including phenoxy) is 2. The molecule has 144 valence electrons. The quantitative estimate of drug-likeness (QED) is 0.655. The van der Waals surface area contributed by atoms with Gasteiger partial charge < -0.3 is 19.5 Å². The molecule has 1 fully saturated rings. The van der Waals surface area contributed by atoms with Gasteiger partial charge in [-0.3, -0.25) is 0 Å². The number of pyridine rings is 1. The Hall–Kier alpha value is -3.04. The predicted octanol–water partition coefficient (Wildman–Crippen LogP) is 2.70. The molecule has 4 heterocycles. The topological polar surface area (TPSA) is 97.7 Å². The highest BCUT2D eigenvalue weighted by atomic mass is 32.1. The second kappa shape index (κ2) is 7.91. The lowest BCUT2D eigenvalue weighted by Gasteiger charge is -2.28. The Labute approximate surface area is 165 Å². The third kappa shape index (κ3) is 3.80. The summed E-state index contributed by atoms with van der Waals surface area (Å²) in [6.07, 6.45) is 4.38. The number of rotatable bonds is 5. The van der Waals surface area contributed by atoms with Crippen molar-refractivity contribution in [3.8, 4) is 17.3 Å². The summed E-state index contributed by atoms with van der Waals surface area (Å²) in [6, 6.07) is 5.52. The summed E-state index contributed by atoms with van der Waals surface area (Å²) in [5, 5.41) is 8.89. The van der Waals surface area contributed by atoms with Crippen molar-refractivity contribution in [2.45, 2.75) is 0 Å². The molecular formula is C19H18N4O4S. The molecule has 0 bridgehead atoms. The van der Waals surface area contributed by atoms with E-state index >= 15 is 0 Å². The molecule has 1 N–H and O–H groups in total. The van der Waals surface area contributed by atoms with Crippen molar-refractivity contribution in [3.63, 3.8) is 0 Å². The van der Waals surface area contributed by atoms with Crippen LogP contribution in [0.15, 0.2) is 30.5 Å². The zero-order valence-corrected chi connectivity index (χ0v) is 16.0. The van der Waals surface area contributed by atoms with Crippen molar-refractivity contribution in [2.24, 2.45) is 0 Å². The Morgan fingerprint density at radius 1 is 1.32 bits per heavy atom. The molecule has 1 aliphatic heterocycles. The Kier molecular flexibility index (Phi) is 5.18. The zero-order chi connectivity index (χ0) is 19.5. The van der Waals surface area contributed by atoms with E-state index in [1.54, 1.807) is 25.4 Å². The predicted molar refractivity (Wildman–Crippen MR) is 107 cm³/mol. The number of methoxy groups -OCH3 is 1. The van der Waals surface area contributed by atoms with E-state index in [0.717, 1.165) is 45.6 Å². The average Bonchev–Trinajstić information content (AvgIpc) is 3.15. The summed E-state index contributed by atoms with van der Waals surface area (Å²) in [6.45, 7) is 2.76. The molecule has 0 radical (unpaired) electrons. The van der Waals surface area contributed by atoms with Gasteiger partial charge in [0.2, 0.25) is 5.88 Å². The molecular weight excluding hydrogens is 380 g/mol. The summed E-state index contributed by atoms with van der Waals surface area (Å²) in [5.74, 6) is 0.937. The molecule has 0 aliphatic carbocycles. The van der Waals surface area contributed by atoms with Crippen molar-refractivity contribution in [1.29, 1.82) is 0 Å². The number of nitrogens with zero attached hydrogens (tertiary/aromatic N) is 4. The van der Waals surface area contributed by atoms with Crippen LogP contribution in [0.1, 0.15) is 4.88 Å². The molecule has 9 heteroatoms. The van der Waals surface area contributed by atoms with E-state index in [0.29, 0.717) is 24.9 Å². The van der Waals surface area contributed by atoms with E-state index in [2.05, 4.69) is 14.9 Å². The first kappa shape index (κ1) is 18.3. The molecule has 3 aromatic heterocycles. The summed E-state index contributed by atoms with van der Waals surface area (Å²) in [7, 11) is 1.57. The van der Waals surface area contributed by atoms with Gasteiger partial charge in [-0.15, -0.1) is 11.3 Å². The third-order valence-corrected chi connectivity index (χ3v) is 5.36. The van der Waals surface area contributed by atoms with Crippen molar-refractivity contribution in [3.05, 3.63) is 35.3 Å². The fraction of sp³-hybridized carbons (Fsp3) is 0.263. The van der Waals surface area contributed by atoms with Gasteiger partial charge in [-0.05, 0) is 18.2 Å². The smallest absolute Gasteiger partial charge is 0.328 e. The van der Waals surface area contributed by atoms with Gasteiger partial charge in [0, 0.05) is 41.9 Å². The van der Waals surface area contributed by atoms with Crippen LogP contribution >= 0.6 is 11.3 Å². The monoisotopic (exact) mass is 398 g/mol. The van der Waals surface area contributed by atoms with E-state index in [4.69, 9.17) is 19.6 Å². The van der Waals surface area contributed by atoms with E-state index in [9.17, 15) is 4.79 Å². The minimum atomic E-state index is -0.984.